The molecule has 2 aliphatic rings. The summed E-state index contributed by atoms with van der Waals surface area (Å²) < 4.78 is 0. The Bertz CT molecular complexity index is 548. The van der Waals surface area contributed by atoms with Gasteiger partial charge in [-0.15, -0.1) is 0 Å². The van der Waals surface area contributed by atoms with Crippen molar-refractivity contribution < 1.29 is 4.79 Å². The summed E-state index contributed by atoms with van der Waals surface area (Å²) in [7, 11) is 2.10. The predicted octanol–water partition coefficient (Wildman–Crippen LogP) is 3.28. The van der Waals surface area contributed by atoms with Crippen molar-refractivity contribution in [3.63, 3.8) is 0 Å². The van der Waals surface area contributed by atoms with Crippen molar-refractivity contribution in [2.75, 3.05) is 26.7 Å². The van der Waals surface area contributed by atoms with Crippen LogP contribution < -0.4 is 5.32 Å². The number of amides is 1. The monoisotopic (exact) mass is 357 g/mol. The standard InChI is InChI=1S/C22H35N3O/c1-18(24(2)16-19-10-6-7-11-19)22(26)23-21-12-14-25(15-13-21)17-20-8-4-3-5-9-20/h3-5,8-9,18-19,21H,6-7,10-17H2,1-2H3,(H,23,26). The molecule has 1 aromatic rings. The predicted molar refractivity (Wildman–Crippen MR) is 107 cm³/mol. The van der Waals surface area contributed by atoms with Crippen molar-refractivity contribution in [1.82, 2.24) is 15.1 Å². The second kappa shape index (κ2) is 9.52. The maximum absolute atomic E-state index is 12.6. The molecule has 1 aliphatic carbocycles. The fraction of sp³-hybridized carbons (Fsp3) is 0.682. The first-order chi connectivity index (χ1) is 12.6. The zero-order chi connectivity index (χ0) is 18.4. The molecule has 1 saturated carbocycles. The van der Waals surface area contributed by atoms with E-state index in [9.17, 15) is 4.79 Å². The van der Waals surface area contributed by atoms with Gasteiger partial charge in [0.1, 0.15) is 0 Å². The number of hydrogen-bond donors (Lipinski definition) is 1. The van der Waals surface area contributed by atoms with Gasteiger partial charge in [0, 0.05) is 32.2 Å². The summed E-state index contributed by atoms with van der Waals surface area (Å²) in [4.78, 5) is 17.4. The lowest BCUT2D eigenvalue weighted by Gasteiger charge is -2.34. The molecule has 1 amide bonds. The van der Waals surface area contributed by atoms with Crippen LogP contribution in [0.4, 0.5) is 0 Å². The zero-order valence-electron chi connectivity index (χ0n) is 16.5. The molecule has 2 fully saturated rings. The van der Waals surface area contributed by atoms with Crippen LogP contribution in [0.3, 0.4) is 0 Å². The minimum atomic E-state index is -0.0297. The van der Waals surface area contributed by atoms with Crippen LogP contribution in [-0.4, -0.2) is 54.5 Å². The third-order valence-corrected chi connectivity index (χ3v) is 6.24. The second-order valence-electron chi connectivity index (χ2n) is 8.31. The number of benzene rings is 1. The lowest BCUT2D eigenvalue weighted by molar-refractivity contribution is -0.126. The van der Waals surface area contributed by atoms with Crippen molar-refractivity contribution in [2.45, 2.75) is 64.1 Å². The Morgan fingerprint density at radius 1 is 1.15 bits per heavy atom. The quantitative estimate of drug-likeness (QED) is 0.813. The summed E-state index contributed by atoms with van der Waals surface area (Å²) in [5.74, 6) is 0.989. The Kier molecular flexibility index (Phi) is 7.09. The third kappa shape index (κ3) is 5.55. The molecule has 3 rings (SSSR count). The summed E-state index contributed by atoms with van der Waals surface area (Å²) >= 11 is 0. The molecular weight excluding hydrogens is 322 g/mol. The SMILES string of the molecule is CC(C(=O)NC1CCN(Cc2ccccc2)CC1)N(C)CC1CCCC1. The van der Waals surface area contributed by atoms with Crippen LogP contribution >= 0.6 is 0 Å². The van der Waals surface area contributed by atoms with Crippen molar-refractivity contribution >= 4 is 5.91 Å². The minimum Gasteiger partial charge on any atom is -0.352 e. The number of carbonyl (C=O) groups excluding carboxylic acids is 1. The molecule has 1 unspecified atom stereocenters. The van der Waals surface area contributed by atoms with Crippen LogP contribution in [0.5, 0.6) is 0 Å². The minimum absolute atomic E-state index is 0.0297. The Morgan fingerprint density at radius 2 is 1.81 bits per heavy atom. The number of rotatable bonds is 7. The molecule has 144 valence electrons. The van der Waals surface area contributed by atoms with Gasteiger partial charge in [-0.05, 0) is 51.1 Å². The van der Waals surface area contributed by atoms with Gasteiger partial charge < -0.3 is 5.32 Å². The van der Waals surface area contributed by atoms with E-state index in [4.69, 9.17) is 0 Å². The van der Waals surface area contributed by atoms with E-state index in [0.29, 0.717) is 6.04 Å². The van der Waals surface area contributed by atoms with Crippen molar-refractivity contribution in [2.24, 2.45) is 5.92 Å². The van der Waals surface area contributed by atoms with E-state index >= 15 is 0 Å². The fourth-order valence-electron chi connectivity index (χ4n) is 4.36. The number of likely N-dealkylation sites (tertiary alicyclic amines) is 1. The van der Waals surface area contributed by atoms with Gasteiger partial charge >= 0.3 is 0 Å². The molecule has 1 aliphatic heterocycles. The molecule has 1 N–H and O–H groups in total. The van der Waals surface area contributed by atoms with Crippen LogP contribution in [-0.2, 0) is 11.3 Å². The largest absolute Gasteiger partial charge is 0.352 e. The maximum Gasteiger partial charge on any atom is 0.237 e. The summed E-state index contributed by atoms with van der Waals surface area (Å²) in [6, 6.07) is 11.0. The molecule has 0 radical (unpaired) electrons. The van der Waals surface area contributed by atoms with Gasteiger partial charge in [0.2, 0.25) is 5.91 Å². The number of hydrogen-bond acceptors (Lipinski definition) is 3. The van der Waals surface area contributed by atoms with E-state index in [0.717, 1.165) is 44.9 Å². The van der Waals surface area contributed by atoms with E-state index < -0.39 is 0 Å². The molecule has 26 heavy (non-hydrogen) atoms. The molecule has 1 saturated heterocycles. The molecule has 1 heterocycles. The maximum atomic E-state index is 12.6. The highest BCUT2D eigenvalue weighted by molar-refractivity contribution is 5.81. The number of piperidine rings is 1. The van der Waals surface area contributed by atoms with Crippen molar-refractivity contribution in [3.8, 4) is 0 Å². The number of carbonyl (C=O) groups is 1. The molecule has 1 aromatic carbocycles. The lowest BCUT2D eigenvalue weighted by atomic mass is 10.0. The number of likely N-dealkylation sites (N-methyl/N-ethyl adjacent to an activating group) is 1. The molecule has 0 bridgehead atoms. The van der Waals surface area contributed by atoms with E-state index in [2.05, 4.69) is 59.4 Å². The van der Waals surface area contributed by atoms with Gasteiger partial charge in [0.25, 0.3) is 0 Å². The summed E-state index contributed by atoms with van der Waals surface area (Å²) in [6.07, 6.45) is 7.49. The highest BCUT2D eigenvalue weighted by Crippen LogP contribution is 2.25. The Hall–Kier alpha value is -1.39. The first kappa shape index (κ1) is 19.4. The molecule has 0 aromatic heterocycles. The van der Waals surface area contributed by atoms with E-state index in [1.54, 1.807) is 0 Å². The van der Waals surface area contributed by atoms with Crippen LogP contribution in [0.25, 0.3) is 0 Å². The highest BCUT2D eigenvalue weighted by Gasteiger charge is 2.26. The highest BCUT2D eigenvalue weighted by atomic mass is 16.2. The van der Waals surface area contributed by atoms with Crippen LogP contribution in [0, 0.1) is 5.92 Å². The molecule has 0 spiro atoms. The van der Waals surface area contributed by atoms with Gasteiger partial charge in [-0.3, -0.25) is 14.6 Å². The topological polar surface area (TPSA) is 35.6 Å². The van der Waals surface area contributed by atoms with E-state index in [1.165, 1.54) is 31.2 Å². The van der Waals surface area contributed by atoms with Gasteiger partial charge in [0.15, 0.2) is 0 Å². The Morgan fingerprint density at radius 3 is 2.46 bits per heavy atom. The lowest BCUT2D eigenvalue weighted by Crippen LogP contribution is -2.50. The smallest absolute Gasteiger partial charge is 0.237 e. The molecule has 1 atom stereocenters. The average molecular weight is 358 g/mol. The van der Waals surface area contributed by atoms with Crippen LogP contribution in [0.1, 0.15) is 51.0 Å². The Balaban J connectivity index is 1.38. The normalized spacial score (nSPS) is 21.2. The second-order valence-corrected chi connectivity index (χ2v) is 8.31. The fourth-order valence-corrected chi connectivity index (χ4v) is 4.36. The van der Waals surface area contributed by atoms with Gasteiger partial charge in [-0.2, -0.15) is 0 Å². The number of nitrogens with one attached hydrogen (secondary N) is 1. The van der Waals surface area contributed by atoms with Gasteiger partial charge in [0.05, 0.1) is 6.04 Å². The summed E-state index contributed by atoms with van der Waals surface area (Å²) in [5.41, 5.74) is 1.37. The van der Waals surface area contributed by atoms with E-state index in [1.807, 2.05) is 0 Å². The van der Waals surface area contributed by atoms with Crippen molar-refractivity contribution in [3.05, 3.63) is 35.9 Å². The summed E-state index contributed by atoms with van der Waals surface area (Å²) in [5, 5.41) is 3.30. The van der Waals surface area contributed by atoms with Gasteiger partial charge in [-0.1, -0.05) is 43.2 Å². The molecule has 4 heteroatoms. The van der Waals surface area contributed by atoms with E-state index in [-0.39, 0.29) is 11.9 Å². The number of nitrogens with zero attached hydrogens (tertiary/aromatic N) is 2. The first-order valence-electron chi connectivity index (χ1n) is 10.4. The van der Waals surface area contributed by atoms with Crippen molar-refractivity contribution in [1.29, 1.82) is 0 Å². The summed E-state index contributed by atoms with van der Waals surface area (Å²) in [6.45, 7) is 6.25. The van der Waals surface area contributed by atoms with Crippen LogP contribution in [0.15, 0.2) is 30.3 Å². The zero-order valence-corrected chi connectivity index (χ0v) is 16.5. The molecule has 4 nitrogen and oxygen atoms in total. The average Bonchev–Trinajstić information content (AvgIpc) is 3.16. The molecular formula is C22H35N3O. The Labute approximate surface area is 158 Å². The van der Waals surface area contributed by atoms with Crippen LogP contribution in [0.2, 0.25) is 0 Å². The van der Waals surface area contributed by atoms with Gasteiger partial charge in [-0.25, -0.2) is 0 Å². The first-order valence-corrected chi connectivity index (χ1v) is 10.4. The third-order valence-electron chi connectivity index (χ3n) is 6.24.